The van der Waals surface area contributed by atoms with Gasteiger partial charge in [0.05, 0.1) is 5.41 Å². The van der Waals surface area contributed by atoms with Gasteiger partial charge in [-0.15, -0.1) is 11.3 Å². The molecule has 14 rings (SSSR count). The minimum absolute atomic E-state index is 0.458. The van der Waals surface area contributed by atoms with E-state index in [1.54, 1.807) is 0 Å². The van der Waals surface area contributed by atoms with Crippen molar-refractivity contribution < 1.29 is 0 Å². The van der Waals surface area contributed by atoms with Crippen molar-refractivity contribution in [2.45, 2.75) is 5.41 Å². The van der Waals surface area contributed by atoms with E-state index in [0.29, 0.717) is 0 Å². The molecule has 0 saturated heterocycles. The maximum absolute atomic E-state index is 2.45. The average Bonchev–Trinajstić information content (AvgIpc) is 3.99. The van der Waals surface area contributed by atoms with Gasteiger partial charge in [-0.25, -0.2) is 0 Å². The molecule has 73 heavy (non-hydrogen) atoms. The third kappa shape index (κ3) is 7.29. The van der Waals surface area contributed by atoms with E-state index in [2.05, 4.69) is 290 Å². The van der Waals surface area contributed by atoms with Gasteiger partial charge in [-0.05, 0) is 161 Å². The molecule has 0 fully saturated rings. The molecule has 2 heteroatoms. The number of fused-ring (bicyclic) bond motifs is 7. The van der Waals surface area contributed by atoms with Crippen LogP contribution in [0.4, 0.5) is 17.1 Å². The first kappa shape index (κ1) is 42.8. The molecule has 12 aromatic carbocycles. The minimum atomic E-state index is -0.458. The van der Waals surface area contributed by atoms with Crippen LogP contribution < -0.4 is 4.90 Å². The molecular formula is C71H47NS. The van der Waals surface area contributed by atoms with Crippen LogP contribution in [-0.4, -0.2) is 0 Å². The van der Waals surface area contributed by atoms with Crippen LogP contribution in [0.2, 0.25) is 0 Å². The third-order valence-corrected chi connectivity index (χ3v) is 16.3. The molecule has 1 aromatic heterocycles. The molecule has 1 heterocycles. The fraction of sp³-hybridized carbons (Fsp3) is 0.0141. The molecule has 1 nitrogen and oxygen atoms in total. The summed E-state index contributed by atoms with van der Waals surface area (Å²) in [5.41, 5.74) is 20.1. The van der Waals surface area contributed by atoms with Crippen molar-refractivity contribution in [3.63, 3.8) is 0 Å². The van der Waals surface area contributed by atoms with Crippen molar-refractivity contribution in [2.24, 2.45) is 0 Å². The molecule has 1 aliphatic rings. The second-order valence-electron chi connectivity index (χ2n) is 19.2. The summed E-state index contributed by atoms with van der Waals surface area (Å²) in [7, 11) is 0. The lowest BCUT2D eigenvalue weighted by atomic mass is 9.67. The van der Waals surface area contributed by atoms with Crippen LogP contribution in [0.3, 0.4) is 0 Å². The van der Waals surface area contributed by atoms with Gasteiger partial charge in [0.25, 0.3) is 0 Å². The molecule has 0 N–H and O–H groups in total. The van der Waals surface area contributed by atoms with E-state index in [-0.39, 0.29) is 0 Å². The van der Waals surface area contributed by atoms with Crippen molar-refractivity contribution >= 4 is 59.3 Å². The van der Waals surface area contributed by atoms with Crippen molar-refractivity contribution in [3.05, 3.63) is 307 Å². The number of hydrogen-bond acceptors (Lipinski definition) is 2. The molecule has 0 aliphatic heterocycles. The van der Waals surface area contributed by atoms with Gasteiger partial charge in [0.15, 0.2) is 0 Å². The van der Waals surface area contributed by atoms with Crippen LogP contribution in [0.15, 0.2) is 285 Å². The molecule has 0 amide bonds. The SMILES string of the molecule is c1ccc(C2(c3ccccc3)c3ccccc3-c3ccc(-c4ccc(N(c5ccc(-c6cccc(-c7ccc8ccccc8c7)c6)cc5)c5ccc(-c6ccc7sc8ccccc8c7c6)cc5)cc4)cc32)cc1. The topological polar surface area (TPSA) is 3.24 Å². The molecule has 0 bridgehead atoms. The molecule has 0 radical (unpaired) electrons. The Kier molecular flexibility index (Phi) is 10.3. The maximum atomic E-state index is 2.45. The predicted octanol–water partition coefficient (Wildman–Crippen LogP) is 19.7. The van der Waals surface area contributed by atoms with Crippen LogP contribution in [0.25, 0.3) is 86.6 Å². The van der Waals surface area contributed by atoms with E-state index >= 15 is 0 Å². The first-order chi connectivity index (χ1) is 36.2. The van der Waals surface area contributed by atoms with E-state index in [4.69, 9.17) is 0 Å². The van der Waals surface area contributed by atoms with Gasteiger partial charge < -0.3 is 4.90 Å². The zero-order valence-corrected chi connectivity index (χ0v) is 40.8. The number of benzene rings is 12. The Morgan fingerprint density at radius 1 is 0.260 bits per heavy atom. The lowest BCUT2D eigenvalue weighted by Crippen LogP contribution is -2.28. The first-order valence-corrected chi connectivity index (χ1v) is 25.9. The van der Waals surface area contributed by atoms with Crippen LogP contribution >= 0.6 is 11.3 Å². The highest BCUT2D eigenvalue weighted by atomic mass is 32.1. The highest BCUT2D eigenvalue weighted by molar-refractivity contribution is 7.25. The lowest BCUT2D eigenvalue weighted by Gasteiger charge is -2.34. The summed E-state index contributed by atoms with van der Waals surface area (Å²) in [6.07, 6.45) is 0. The fourth-order valence-electron chi connectivity index (χ4n) is 11.6. The van der Waals surface area contributed by atoms with Gasteiger partial charge in [-0.3, -0.25) is 0 Å². The van der Waals surface area contributed by atoms with E-state index in [1.807, 2.05) is 11.3 Å². The van der Waals surface area contributed by atoms with Gasteiger partial charge in [0.1, 0.15) is 0 Å². The van der Waals surface area contributed by atoms with E-state index in [9.17, 15) is 0 Å². The smallest absolute Gasteiger partial charge is 0.0713 e. The van der Waals surface area contributed by atoms with Crippen LogP contribution in [0.1, 0.15) is 22.3 Å². The Hall–Kier alpha value is -9.08. The van der Waals surface area contributed by atoms with Crippen LogP contribution in [-0.2, 0) is 5.41 Å². The first-order valence-electron chi connectivity index (χ1n) is 25.1. The zero-order valence-electron chi connectivity index (χ0n) is 40.0. The normalized spacial score (nSPS) is 12.5. The van der Waals surface area contributed by atoms with Gasteiger partial charge in [0.2, 0.25) is 0 Å². The monoisotopic (exact) mass is 945 g/mol. The molecule has 0 spiro atoms. The van der Waals surface area contributed by atoms with Gasteiger partial charge in [-0.1, -0.05) is 212 Å². The van der Waals surface area contributed by atoms with Gasteiger partial charge in [0, 0.05) is 37.2 Å². The quantitative estimate of drug-likeness (QED) is 0.139. The number of rotatable bonds is 9. The number of nitrogens with zero attached hydrogens (tertiary/aromatic N) is 1. The Morgan fingerprint density at radius 2 is 0.726 bits per heavy atom. The Balaban J connectivity index is 0.844. The summed E-state index contributed by atoms with van der Waals surface area (Å²) in [6, 6.07) is 105. The summed E-state index contributed by atoms with van der Waals surface area (Å²) in [6.45, 7) is 0. The second kappa shape index (κ2) is 17.6. The van der Waals surface area contributed by atoms with Crippen molar-refractivity contribution in [2.75, 3.05) is 4.90 Å². The fourth-order valence-corrected chi connectivity index (χ4v) is 12.7. The third-order valence-electron chi connectivity index (χ3n) is 15.2. The number of hydrogen-bond donors (Lipinski definition) is 0. The zero-order chi connectivity index (χ0) is 48.3. The largest absolute Gasteiger partial charge is 0.311 e. The van der Waals surface area contributed by atoms with Crippen LogP contribution in [0, 0.1) is 0 Å². The summed E-state index contributed by atoms with van der Waals surface area (Å²) in [5.74, 6) is 0. The second-order valence-corrected chi connectivity index (χ2v) is 20.3. The number of thiophene rings is 1. The Morgan fingerprint density at radius 3 is 1.40 bits per heavy atom. The summed E-state index contributed by atoms with van der Waals surface area (Å²) in [5, 5.41) is 5.13. The molecule has 0 atom stereocenters. The van der Waals surface area contributed by atoms with E-state index < -0.39 is 5.41 Å². The Labute approximate surface area is 430 Å². The highest BCUT2D eigenvalue weighted by Gasteiger charge is 2.46. The van der Waals surface area contributed by atoms with E-state index in [1.165, 1.54) is 109 Å². The molecule has 0 unspecified atom stereocenters. The maximum Gasteiger partial charge on any atom is 0.0713 e. The summed E-state index contributed by atoms with van der Waals surface area (Å²) >= 11 is 1.86. The van der Waals surface area contributed by atoms with Crippen LogP contribution in [0.5, 0.6) is 0 Å². The van der Waals surface area contributed by atoms with E-state index in [0.717, 1.165) is 17.1 Å². The molecule has 13 aromatic rings. The molecule has 0 saturated carbocycles. The van der Waals surface area contributed by atoms with Crippen molar-refractivity contribution in [1.29, 1.82) is 0 Å². The van der Waals surface area contributed by atoms with Crippen molar-refractivity contribution in [3.8, 4) is 55.6 Å². The van der Waals surface area contributed by atoms with Gasteiger partial charge >= 0.3 is 0 Å². The molecule has 1 aliphatic carbocycles. The van der Waals surface area contributed by atoms with Gasteiger partial charge in [-0.2, -0.15) is 0 Å². The molecule has 342 valence electrons. The number of anilines is 3. The predicted molar refractivity (Wildman–Crippen MR) is 311 cm³/mol. The highest BCUT2D eigenvalue weighted by Crippen LogP contribution is 2.57. The average molecular weight is 946 g/mol. The summed E-state index contributed by atoms with van der Waals surface area (Å²) in [4.78, 5) is 2.38. The standard InChI is InChI=1S/C71H47NS/c1-3-18-58(19-4-1)71(59-20-5-2-6-21-59)67-24-11-9-22-63(67)64-42-34-57(47-68(64)71)51-32-40-62(41-33-51)72(61-38-30-50(31-39-61)56-35-43-70-66(46-56)65-23-10-12-25-69(65)73-70)60-36-28-49(29-37-60)53-16-13-17-54(44-53)55-27-26-48-14-7-8-15-52(48)45-55/h1-47H. The molecular weight excluding hydrogens is 899 g/mol. The lowest BCUT2D eigenvalue weighted by molar-refractivity contribution is 0.769. The minimum Gasteiger partial charge on any atom is -0.311 e. The Bertz CT molecular complexity index is 4130. The van der Waals surface area contributed by atoms with Crippen molar-refractivity contribution in [1.82, 2.24) is 0 Å². The summed E-state index contributed by atoms with van der Waals surface area (Å²) < 4.78 is 2.64.